The highest BCUT2D eigenvalue weighted by molar-refractivity contribution is 6.07. The number of aromatic amines is 1. The van der Waals surface area contributed by atoms with Crippen LogP contribution < -0.4 is 16.2 Å². The molecule has 3 aromatic rings. The second-order valence-electron chi connectivity index (χ2n) is 7.05. The van der Waals surface area contributed by atoms with Crippen LogP contribution in [-0.4, -0.2) is 56.4 Å². The van der Waals surface area contributed by atoms with Gasteiger partial charge in [-0.1, -0.05) is 6.07 Å². The lowest BCUT2D eigenvalue weighted by molar-refractivity contribution is 0.131. The number of carbonyl (C=O) groups excluding carboxylic acids is 1. The Morgan fingerprint density at radius 3 is 2.76 bits per heavy atom. The molecule has 3 heterocycles. The first kappa shape index (κ1) is 18.8. The zero-order valence-electron chi connectivity index (χ0n) is 15.9. The minimum absolute atomic E-state index is 0.0181. The molecule has 1 saturated heterocycles. The quantitative estimate of drug-likeness (QED) is 0.537. The van der Waals surface area contributed by atoms with E-state index < -0.39 is 6.09 Å². The molecule has 1 aliphatic heterocycles. The topological polar surface area (TPSA) is 132 Å². The highest BCUT2D eigenvalue weighted by Crippen LogP contribution is 2.31. The summed E-state index contributed by atoms with van der Waals surface area (Å²) in [5.74, 6) is 0.0181. The summed E-state index contributed by atoms with van der Waals surface area (Å²) in [6.07, 6.45) is 0.307. The molecule has 0 spiro atoms. The van der Waals surface area contributed by atoms with Gasteiger partial charge >= 0.3 is 12.1 Å². The second kappa shape index (κ2) is 7.46. The molecule has 2 aromatic heterocycles. The van der Waals surface area contributed by atoms with E-state index in [0.29, 0.717) is 54.7 Å². The molecular formula is C19H22N6O4. The normalized spacial score (nSPS) is 15.0. The first-order valence-electron chi connectivity index (χ1n) is 9.55. The highest BCUT2D eigenvalue weighted by atomic mass is 16.4. The zero-order chi connectivity index (χ0) is 20.5. The molecule has 10 nitrogen and oxygen atoms in total. The highest BCUT2D eigenvalue weighted by Gasteiger charge is 2.26. The van der Waals surface area contributed by atoms with Gasteiger partial charge in [-0.3, -0.25) is 4.79 Å². The molecule has 0 unspecified atom stereocenters. The first-order valence-corrected chi connectivity index (χ1v) is 9.55. The van der Waals surface area contributed by atoms with E-state index in [0.717, 1.165) is 5.69 Å². The average Bonchev–Trinajstić information content (AvgIpc) is 3.07. The Morgan fingerprint density at radius 1 is 1.31 bits per heavy atom. The van der Waals surface area contributed by atoms with Gasteiger partial charge in [0.15, 0.2) is 0 Å². The van der Waals surface area contributed by atoms with E-state index in [4.69, 9.17) is 5.11 Å². The Kier molecular flexibility index (Phi) is 4.83. The van der Waals surface area contributed by atoms with Crippen molar-refractivity contribution >= 4 is 34.4 Å². The van der Waals surface area contributed by atoms with E-state index in [2.05, 4.69) is 20.7 Å². The van der Waals surface area contributed by atoms with Gasteiger partial charge in [0.05, 0.1) is 22.3 Å². The first-order chi connectivity index (χ1) is 14.0. The Morgan fingerprint density at radius 2 is 2.07 bits per heavy atom. The van der Waals surface area contributed by atoms with E-state index in [1.807, 2.05) is 13.0 Å². The van der Waals surface area contributed by atoms with Crippen LogP contribution in [0.4, 0.5) is 15.3 Å². The number of amides is 3. The molecule has 3 amide bonds. The largest absolute Gasteiger partial charge is 0.465 e. The third-order valence-electron chi connectivity index (χ3n) is 5.23. The molecule has 152 valence electrons. The van der Waals surface area contributed by atoms with Crippen molar-refractivity contribution in [2.24, 2.45) is 0 Å². The number of nitrogens with one attached hydrogen (secondary N) is 3. The molecule has 0 bridgehead atoms. The van der Waals surface area contributed by atoms with Crippen molar-refractivity contribution < 1.29 is 14.7 Å². The Labute approximate surface area is 165 Å². The molecule has 0 saturated carbocycles. The maximum absolute atomic E-state index is 12.4. The predicted molar refractivity (Wildman–Crippen MR) is 108 cm³/mol. The van der Waals surface area contributed by atoms with Gasteiger partial charge in [-0.2, -0.15) is 5.10 Å². The van der Waals surface area contributed by atoms with Crippen LogP contribution in [0.1, 0.15) is 31.4 Å². The van der Waals surface area contributed by atoms with Gasteiger partial charge < -0.3 is 25.6 Å². The standard InChI is InChI=1S/C19H22N6O4/c1-2-20-18(27)21-12-4-3-5-13-16(12)17-22-15(26)10-14(25(17)23-13)11-6-8-24(9-7-11)19(28)29/h3-5,10-11H,2,6-9H2,1H3,(H,22,26)(H,28,29)(H2,20,21,27). The number of carboxylic acid groups (broad SMARTS) is 1. The number of nitrogens with zero attached hydrogens (tertiary/aromatic N) is 3. The van der Waals surface area contributed by atoms with Crippen molar-refractivity contribution in [2.45, 2.75) is 25.7 Å². The summed E-state index contributed by atoms with van der Waals surface area (Å²) in [5, 5.41) is 19.9. The smallest absolute Gasteiger partial charge is 0.407 e. The molecule has 4 N–H and O–H groups in total. The molecule has 1 aromatic carbocycles. The molecule has 0 atom stereocenters. The average molecular weight is 398 g/mol. The molecule has 1 aliphatic rings. The minimum Gasteiger partial charge on any atom is -0.465 e. The number of benzene rings is 1. The third kappa shape index (κ3) is 3.48. The number of aromatic nitrogens is 3. The van der Waals surface area contributed by atoms with E-state index in [9.17, 15) is 14.4 Å². The van der Waals surface area contributed by atoms with Crippen LogP contribution in [-0.2, 0) is 0 Å². The fraction of sp³-hybridized carbons (Fsp3) is 0.368. The maximum Gasteiger partial charge on any atom is 0.407 e. The molecule has 10 heteroatoms. The molecule has 0 radical (unpaired) electrons. The van der Waals surface area contributed by atoms with Gasteiger partial charge in [0.2, 0.25) is 0 Å². The van der Waals surface area contributed by atoms with E-state index in [1.165, 1.54) is 11.0 Å². The lowest BCUT2D eigenvalue weighted by Crippen LogP contribution is -2.37. The summed E-state index contributed by atoms with van der Waals surface area (Å²) < 4.78 is 1.70. The van der Waals surface area contributed by atoms with E-state index in [1.54, 1.807) is 16.6 Å². The van der Waals surface area contributed by atoms with Gasteiger partial charge in [0.25, 0.3) is 5.56 Å². The fourth-order valence-corrected chi connectivity index (χ4v) is 3.88. The third-order valence-corrected chi connectivity index (χ3v) is 5.23. The molecule has 29 heavy (non-hydrogen) atoms. The number of hydrogen-bond donors (Lipinski definition) is 4. The molecule has 1 fully saturated rings. The van der Waals surface area contributed by atoms with Crippen LogP contribution in [0.3, 0.4) is 0 Å². The van der Waals surface area contributed by atoms with Crippen molar-refractivity contribution in [2.75, 3.05) is 25.0 Å². The van der Waals surface area contributed by atoms with Gasteiger partial charge in [0, 0.05) is 31.6 Å². The van der Waals surface area contributed by atoms with E-state index >= 15 is 0 Å². The number of rotatable bonds is 3. The number of fused-ring (bicyclic) bond motifs is 3. The fourth-order valence-electron chi connectivity index (χ4n) is 3.88. The van der Waals surface area contributed by atoms with Crippen molar-refractivity contribution in [3.05, 3.63) is 40.3 Å². The number of hydrogen-bond acceptors (Lipinski definition) is 4. The Balaban J connectivity index is 1.79. The number of H-pyrrole nitrogens is 1. The molecular weight excluding hydrogens is 376 g/mol. The van der Waals surface area contributed by atoms with Crippen molar-refractivity contribution in [3.8, 4) is 0 Å². The number of urea groups is 1. The lowest BCUT2D eigenvalue weighted by atomic mass is 9.93. The Bertz CT molecular complexity index is 1140. The summed E-state index contributed by atoms with van der Waals surface area (Å²) in [4.78, 5) is 39.8. The number of piperidine rings is 1. The SMILES string of the molecule is CCNC(=O)Nc1cccc2nn3c(C4CCN(C(=O)O)CC4)cc(=O)[nH]c3c12. The van der Waals surface area contributed by atoms with Crippen molar-refractivity contribution in [1.29, 1.82) is 0 Å². The predicted octanol–water partition coefficient (Wildman–Crippen LogP) is 2.17. The van der Waals surface area contributed by atoms with Crippen molar-refractivity contribution in [3.63, 3.8) is 0 Å². The van der Waals surface area contributed by atoms with Crippen LogP contribution in [0.25, 0.3) is 16.6 Å². The van der Waals surface area contributed by atoms with Crippen LogP contribution >= 0.6 is 0 Å². The number of anilines is 1. The van der Waals surface area contributed by atoms with E-state index in [-0.39, 0.29) is 17.5 Å². The minimum atomic E-state index is -0.926. The molecule has 4 rings (SSSR count). The summed E-state index contributed by atoms with van der Waals surface area (Å²) in [7, 11) is 0. The number of carbonyl (C=O) groups is 2. The summed E-state index contributed by atoms with van der Waals surface area (Å²) >= 11 is 0. The maximum atomic E-state index is 12.4. The van der Waals surface area contributed by atoms with Crippen molar-refractivity contribution in [1.82, 2.24) is 24.8 Å². The Hall–Kier alpha value is -3.56. The van der Waals surface area contributed by atoms with Gasteiger partial charge in [-0.05, 0) is 31.9 Å². The van der Waals surface area contributed by atoms with Gasteiger partial charge in [-0.25, -0.2) is 14.1 Å². The summed E-state index contributed by atoms with van der Waals surface area (Å²) in [6.45, 7) is 3.15. The van der Waals surface area contributed by atoms with Gasteiger partial charge in [0.1, 0.15) is 5.65 Å². The zero-order valence-corrected chi connectivity index (χ0v) is 15.9. The van der Waals surface area contributed by atoms with Crippen LogP contribution in [0, 0.1) is 0 Å². The number of likely N-dealkylation sites (tertiary alicyclic amines) is 1. The summed E-state index contributed by atoms with van der Waals surface area (Å²) in [5.41, 5.74) is 2.19. The van der Waals surface area contributed by atoms with Gasteiger partial charge in [-0.15, -0.1) is 0 Å². The van der Waals surface area contributed by atoms with Crippen LogP contribution in [0.5, 0.6) is 0 Å². The van der Waals surface area contributed by atoms with Crippen LogP contribution in [0.15, 0.2) is 29.1 Å². The van der Waals surface area contributed by atoms with Crippen LogP contribution in [0.2, 0.25) is 0 Å². The lowest BCUT2D eigenvalue weighted by Gasteiger charge is -2.30. The second-order valence-corrected chi connectivity index (χ2v) is 7.05. The monoisotopic (exact) mass is 398 g/mol. The summed E-state index contributed by atoms with van der Waals surface area (Å²) in [6, 6.07) is 6.56. The molecule has 0 aliphatic carbocycles.